The van der Waals surface area contributed by atoms with Gasteiger partial charge in [-0.2, -0.15) is 5.10 Å². The fraction of sp³-hybridized carbons (Fsp3) is 0.318. The summed E-state index contributed by atoms with van der Waals surface area (Å²) in [6, 6.07) is 9.06. The van der Waals surface area contributed by atoms with Crippen LogP contribution >= 0.6 is 15.9 Å². The van der Waals surface area contributed by atoms with Crippen molar-refractivity contribution in [2.24, 2.45) is 11.0 Å². The van der Waals surface area contributed by atoms with Gasteiger partial charge >= 0.3 is 0 Å². The first-order chi connectivity index (χ1) is 14.8. The number of hydrogen-bond donors (Lipinski definition) is 3. The van der Waals surface area contributed by atoms with Gasteiger partial charge in [-0.1, -0.05) is 13.8 Å². The number of hydrogen-bond acceptors (Lipinski definition) is 6. The fourth-order valence-electron chi connectivity index (χ4n) is 2.68. The Balaban J connectivity index is 2.06. The molecule has 0 saturated carbocycles. The predicted octanol–water partition coefficient (Wildman–Crippen LogP) is 3.47. The number of nitrogens with zero attached hydrogens (tertiary/aromatic N) is 1. The molecule has 0 spiro atoms. The predicted molar refractivity (Wildman–Crippen MR) is 122 cm³/mol. The van der Waals surface area contributed by atoms with E-state index in [0.717, 1.165) is 0 Å². The van der Waals surface area contributed by atoms with E-state index in [-0.39, 0.29) is 17.6 Å². The normalized spacial score (nSPS) is 11.9. The summed E-state index contributed by atoms with van der Waals surface area (Å²) in [5.74, 6) is -0.0527. The van der Waals surface area contributed by atoms with Crippen LogP contribution in [0.4, 0.5) is 0 Å². The molecule has 8 nitrogen and oxygen atoms in total. The Morgan fingerprint density at radius 1 is 1.23 bits per heavy atom. The summed E-state index contributed by atoms with van der Waals surface area (Å²) >= 11 is 3.25. The van der Waals surface area contributed by atoms with Gasteiger partial charge in [0.25, 0.3) is 11.8 Å². The number of carbonyl (C=O) groups is 2. The standard InChI is InChI=1S/C22H26BrN3O5/c1-5-31-18-11-14(10-17(23)20(18)27)12-24-26-22(29)19(13(2)3)25-21(28)15-6-8-16(30-4)9-7-15/h6-13,19,27H,5H2,1-4H3,(H,25,28)(H,26,29). The van der Waals surface area contributed by atoms with E-state index in [9.17, 15) is 14.7 Å². The maximum atomic E-state index is 12.6. The van der Waals surface area contributed by atoms with Crippen molar-refractivity contribution >= 4 is 34.0 Å². The second-order valence-corrected chi connectivity index (χ2v) is 7.79. The van der Waals surface area contributed by atoms with Crippen molar-refractivity contribution in [2.45, 2.75) is 26.8 Å². The molecule has 9 heteroatoms. The molecule has 1 unspecified atom stereocenters. The zero-order chi connectivity index (χ0) is 23.0. The Morgan fingerprint density at radius 2 is 1.90 bits per heavy atom. The summed E-state index contributed by atoms with van der Waals surface area (Å²) < 4.78 is 10.9. The minimum absolute atomic E-state index is 0.0100. The molecule has 0 aliphatic carbocycles. The van der Waals surface area contributed by atoms with Crippen LogP contribution in [0.3, 0.4) is 0 Å². The first-order valence-corrected chi connectivity index (χ1v) is 10.5. The van der Waals surface area contributed by atoms with Gasteiger partial charge < -0.3 is 19.9 Å². The van der Waals surface area contributed by atoms with Crippen molar-refractivity contribution in [3.8, 4) is 17.2 Å². The molecule has 0 saturated heterocycles. The topological polar surface area (TPSA) is 109 Å². The van der Waals surface area contributed by atoms with Gasteiger partial charge in [0.2, 0.25) is 0 Å². The highest BCUT2D eigenvalue weighted by Crippen LogP contribution is 2.35. The second-order valence-electron chi connectivity index (χ2n) is 6.94. The number of amides is 2. The average Bonchev–Trinajstić information content (AvgIpc) is 2.75. The maximum Gasteiger partial charge on any atom is 0.262 e. The van der Waals surface area contributed by atoms with Crippen LogP contribution < -0.4 is 20.2 Å². The van der Waals surface area contributed by atoms with Crippen molar-refractivity contribution in [1.82, 2.24) is 10.7 Å². The number of hydrazone groups is 1. The number of phenolic OH excluding ortho intramolecular Hbond substituents is 1. The number of ether oxygens (including phenoxy) is 2. The molecule has 31 heavy (non-hydrogen) atoms. The molecule has 3 N–H and O–H groups in total. The fourth-order valence-corrected chi connectivity index (χ4v) is 3.14. The number of aromatic hydroxyl groups is 1. The van der Waals surface area contributed by atoms with Crippen LogP contribution in [-0.2, 0) is 4.79 Å². The van der Waals surface area contributed by atoms with Crippen LogP contribution in [0.5, 0.6) is 17.2 Å². The van der Waals surface area contributed by atoms with Gasteiger partial charge in [-0.15, -0.1) is 0 Å². The van der Waals surface area contributed by atoms with Gasteiger partial charge in [-0.05, 0) is 70.7 Å². The highest BCUT2D eigenvalue weighted by atomic mass is 79.9. The molecule has 2 amide bonds. The minimum Gasteiger partial charge on any atom is -0.503 e. The molecular weight excluding hydrogens is 466 g/mol. The summed E-state index contributed by atoms with van der Waals surface area (Å²) in [6.45, 7) is 5.85. The molecule has 0 fully saturated rings. The lowest BCUT2D eigenvalue weighted by Gasteiger charge is -2.20. The summed E-state index contributed by atoms with van der Waals surface area (Å²) in [7, 11) is 1.54. The van der Waals surface area contributed by atoms with Crippen LogP contribution in [0.25, 0.3) is 0 Å². The molecule has 0 radical (unpaired) electrons. The molecule has 2 aromatic carbocycles. The summed E-state index contributed by atoms with van der Waals surface area (Å²) in [5, 5.41) is 16.7. The Morgan fingerprint density at radius 3 is 2.48 bits per heavy atom. The maximum absolute atomic E-state index is 12.6. The molecule has 1 atom stereocenters. The van der Waals surface area contributed by atoms with E-state index < -0.39 is 11.9 Å². The average molecular weight is 492 g/mol. The number of nitrogens with one attached hydrogen (secondary N) is 2. The highest BCUT2D eigenvalue weighted by Gasteiger charge is 2.24. The van der Waals surface area contributed by atoms with Crippen molar-refractivity contribution in [3.63, 3.8) is 0 Å². The second kappa shape index (κ2) is 11.4. The van der Waals surface area contributed by atoms with Crippen molar-refractivity contribution in [1.29, 1.82) is 0 Å². The van der Waals surface area contributed by atoms with Gasteiger partial charge in [0.15, 0.2) is 11.5 Å². The lowest BCUT2D eigenvalue weighted by molar-refractivity contribution is -0.123. The van der Waals surface area contributed by atoms with Crippen molar-refractivity contribution < 1.29 is 24.2 Å². The lowest BCUT2D eigenvalue weighted by Crippen LogP contribution is -2.48. The molecular formula is C22H26BrN3O5. The van der Waals surface area contributed by atoms with Crippen LogP contribution in [0, 0.1) is 5.92 Å². The van der Waals surface area contributed by atoms with Crippen LogP contribution in [0.15, 0.2) is 46.0 Å². The van der Waals surface area contributed by atoms with Crippen molar-refractivity contribution in [3.05, 3.63) is 52.0 Å². The molecule has 2 rings (SSSR count). The van der Waals surface area contributed by atoms with Gasteiger partial charge in [0, 0.05) is 5.56 Å². The third-order valence-electron chi connectivity index (χ3n) is 4.33. The van der Waals surface area contributed by atoms with E-state index in [4.69, 9.17) is 9.47 Å². The molecule has 166 valence electrons. The number of rotatable bonds is 9. The first kappa shape index (κ1) is 24.2. The SMILES string of the molecule is CCOc1cc(C=NNC(=O)C(NC(=O)c2ccc(OC)cc2)C(C)C)cc(Br)c1O. The van der Waals surface area contributed by atoms with E-state index in [2.05, 4.69) is 31.8 Å². The van der Waals surface area contributed by atoms with Gasteiger partial charge in [0.05, 0.1) is 24.4 Å². The highest BCUT2D eigenvalue weighted by molar-refractivity contribution is 9.10. The van der Waals surface area contributed by atoms with E-state index in [1.807, 2.05) is 13.8 Å². The third-order valence-corrected chi connectivity index (χ3v) is 4.93. The summed E-state index contributed by atoms with van der Waals surface area (Å²) in [6.07, 6.45) is 1.42. The summed E-state index contributed by atoms with van der Waals surface area (Å²) in [5.41, 5.74) is 3.48. The smallest absolute Gasteiger partial charge is 0.262 e. The molecule has 0 aliphatic rings. The molecule has 2 aromatic rings. The zero-order valence-electron chi connectivity index (χ0n) is 17.8. The third kappa shape index (κ3) is 6.71. The number of halogens is 1. The summed E-state index contributed by atoms with van der Waals surface area (Å²) in [4.78, 5) is 25.1. The molecule has 0 bridgehead atoms. The number of benzene rings is 2. The van der Waals surface area contributed by atoms with Crippen molar-refractivity contribution in [2.75, 3.05) is 13.7 Å². The Kier molecular flexibility index (Phi) is 8.87. The van der Waals surface area contributed by atoms with E-state index in [0.29, 0.717) is 33.7 Å². The van der Waals surface area contributed by atoms with Gasteiger partial charge in [-0.25, -0.2) is 5.43 Å². The number of carbonyl (C=O) groups excluding carboxylic acids is 2. The molecule has 0 aliphatic heterocycles. The monoisotopic (exact) mass is 491 g/mol. The van der Waals surface area contributed by atoms with E-state index in [1.54, 1.807) is 50.4 Å². The van der Waals surface area contributed by atoms with Crippen LogP contribution in [0.2, 0.25) is 0 Å². The van der Waals surface area contributed by atoms with Gasteiger partial charge in [0.1, 0.15) is 11.8 Å². The van der Waals surface area contributed by atoms with Gasteiger partial charge in [-0.3, -0.25) is 9.59 Å². The number of methoxy groups -OCH3 is 1. The largest absolute Gasteiger partial charge is 0.503 e. The number of phenols is 1. The Bertz CT molecular complexity index is 945. The van der Waals surface area contributed by atoms with E-state index in [1.165, 1.54) is 6.21 Å². The zero-order valence-corrected chi connectivity index (χ0v) is 19.4. The minimum atomic E-state index is -0.780. The molecule has 0 heterocycles. The Hall–Kier alpha value is -3.07. The van der Waals surface area contributed by atoms with Crippen LogP contribution in [0.1, 0.15) is 36.7 Å². The first-order valence-electron chi connectivity index (χ1n) is 9.70. The van der Waals surface area contributed by atoms with Crippen LogP contribution in [-0.4, -0.2) is 42.9 Å². The Labute approximate surface area is 189 Å². The lowest BCUT2D eigenvalue weighted by atomic mass is 10.0. The molecule has 0 aromatic heterocycles. The van der Waals surface area contributed by atoms with E-state index >= 15 is 0 Å². The quantitative estimate of drug-likeness (QED) is 0.367.